The summed E-state index contributed by atoms with van der Waals surface area (Å²) in [4.78, 5) is 22.0. The molecule has 106 valence electrons. The van der Waals surface area contributed by atoms with Gasteiger partial charge in [0.2, 0.25) is 0 Å². The van der Waals surface area contributed by atoms with Crippen LogP contribution in [-0.4, -0.2) is 17.0 Å². The minimum Gasteiger partial charge on any atom is -0.508 e. The summed E-state index contributed by atoms with van der Waals surface area (Å²) in [6.45, 7) is 3.58. The molecule has 1 N–H and O–H groups in total. The van der Waals surface area contributed by atoms with Crippen molar-refractivity contribution in [1.29, 1.82) is 0 Å². The van der Waals surface area contributed by atoms with Crippen LogP contribution < -0.4 is 0 Å². The second kappa shape index (κ2) is 6.37. The molecule has 0 spiro atoms. The summed E-state index contributed by atoms with van der Waals surface area (Å²) < 4.78 is 4.53. The number of carbonyl (C=O) groups is 2. The predicted octanol–water partition coefficient (Wildman–Crippen LogP) is 2.91. The number of phenolic OH excluding ortho intramolecular Hbond substituents is 1. The van der Waals surface area contributed by atoms with Crippen molar-refractivity contribution in [2.75, 3.05) is 0 Å². The van der Waals surface area contributed by atoms with Crippen LogP contribution in [0.15, 0.2) is 30.8 Å². The fraction of sp³-hybridized carbons (Fsp3) is 0.375. The average molecular weight is 274 g/mol. The van der Waals surface area contributed by atoms with E-state index in [0.717, 1.165) is 31.2 Å². The summed E-state index contributed by atoms with van der Waals surface area (Å²) in [5.74, 6) is -0.493. The lowest BCUT2D eigenvalue weighted by molar-refractivity contribution is -0.153. The van der Waals surface area contributed by atoms with Crippen molar-refractivity contribution in [3.63, 3.8) is 0 Å². The Kier molecular flexibility index (Phi) is 4.56. The lowest BCUT2D eigenvalue weighted by Crippen LogP contribution is -2.21. The van der Waals surface area contributed by atoms with E-state index in [0.29, 0.717) is 5.75 Å². The second-order valence-corrected chi connectivity index (χ2v) is 5.03. The molecule has 1 saturated carbocycles. The van der Waals surface area contributed by atoms with Crippen molar-refractivity contribution in [3.05, 3.63) is 36.4 Å². The number of carbonyl (C=O) groups excluding carboxylic acids is 2. The standard InChI is InChI=1S/C8H10O3.C8H8O/c9-7-5-3-1-2-4-6(5)8(10)11-7;1-2-7-3-5-8(9)6-4-7/h5-6H,1-4H2;2-6,9H,1H2. The van der Waals surface area contributed by atoms with E-state index >= 15 is 0 Å². The summed E-state index contributed by atoms with van der Waals surface area (Å²) in [5.41, 5.74) is 1.02. The molecule has 4 nitrogen and oxygen atoms in total. The summed E-state index contributed by atoms with van der Waals surface area (Å²) in [7, 11) is 0. The molecule has 0 radical (unpaired) electrons. The number of hydrogen-bond acceptors (Lipinski definition) is 4. The van der Waals surface area contributed by atoms with Gasteiger partial charge in [-0.2, -0.15) is 0 Å². The van der Waals surface area contributed by atoms with Gasteiger partial charge in [0.25, 0.3) is 0 Å². The molecule has 1 aliphatic carbocycles. The summed E-state index contributed by atoms with van der Waals surface area (Å²) in [6.07, 6.45) is 5.54. The summed E-state index contributed by atoms with van der Waals surface area (Å²) in [5, 5.41) is 8.82. The Morgan fingerprint density at radius 2 is 1.55 bits per heavy atom. The summed E-state index contributed by atoms with van der Waals surface area (Å²) >= 11 is 0. The van der Waals surface area contributed by atoms with Gasteiger partial charge in [-0.15, -0.1) is 0 Å². The Bertz CT molecular complexity index is 482. The number of cyclic esters (lactones) is 2. The SMILES string of the molecule is C=Cc1ccc(O)cc1.O=C1OC(=O)C2CCCCC12. The Hall–Kier alpha value is -2.10. The minimum atomic E-state index is -0.292. The van der Waals surface area contributed by atoms with Crippen molar-refractivity contribution < 1.29 is 19.4 Å². The molecule has 0 amide bonds. The molecular formula is C16H18O4. The summed E-state index contributed by atoms with van der Waals surface area (Å²) in [6, 6.07) is 6.89. The first-order valence-corrected chi connectivity index (χ1v) is 6.79. The van der Waals surface area contributed by atoms with Crippen LogP contribution in [0, 0.1) is 11.8 Å². The maximum atomic E-state index is 11.0. The van der Waals surface area contributed by atoms with E-state index in [2.05, 4.69) is 11.3 Å². The zero-order valence-corrected chi connectivity index (χ0v) is 11.2. The first kappa shape index (κ1) is 14.3. The molecule has 1 heterocycles. The van der Waals surface area contributed by atoms with Gasteiger partial charge in [0, 0.05) is 0 Å². The Morgan fingerprint density at radius 1 is 1.05 bits per heavy atom. The van der Waals surface area contributed by atoms with E-state index in [-0.39, 0.29) is 23.8 Å². The van der Waals surface area contributed by atoms with Gasteiger partial charge in [-0.25, -0.2) is 0 Å². The smallest absolute Gasteiger partial charge is 0.317 e. The third-order valence-corrected chi connectivity index (χ3v) is 3.70. The van der Waals surface area contributed by atoms with Crippen LogP contribution in [0.3, 0.4) is 0 Å². The number of phenols is 1. The van der Waals surface area contributed by atoms with Crippen LogP contribution >= 0.6 is 0 Å². The van der Waals surface area contributed by atoms with Crippen LogP contribution in [0.1, 0.15) is 31.2 Å². The quantitative estimate of drug-likeness (QED) is 0.631. The highest BCUT2D eigenvalue weighted by molar-refractivity contribution is 5.96. The van der Waals surface area contributed by atoms with Gasteiger partial charge in [0.05, 0.1) is 11.8 Å². The molecule has 2 unspecified atom stereocenters. The van der Waals surface area contributed by atoms with Crippen molar-refractivity contribution in [1.82, 2.24) is 0 Å². The lowest BCUT2D eigenvalue weighted by atomic mass is 9.81. The van der Waals surface area contributed by atoms with Crippen LogP contribution in [0.5, 0.6) is 5.75 Å². The van der Waals surface area contributed by atoms with Gasteiger partial charge < -0.3 is 9.84 Å². The molecule has 2 aliphatic rings. The third-order valence-electron chi connectivity index (χ3n) is 3.70. The molecule has 1 aromatic carbocycles. The number of hydrogen-bond donors (Lipinski definition) is 1. The first-order chi connectivity index (χ1) is 9.61. The van der Waals surface area contributed by atoms with E-state index < -0.39 is 0 Å². The molecule has 1 aromatic rings. The highest BCUT2D eigenvalue weighted by atomic mass is 16.6. The minimum absolute atomic E-state index is 0.101. The Morgan fingerprint density at radius 3 is 2.00 bits per heavy atom. The fourth-order valence-corrected chi connectivity index (χ4v) is 2.56. The molecule has 2 fully saturated rings. The van der Waals surface area contributed by atoms with Crippen LogP contribution in [0.25, 0.3) is 6.08 Å². The molecule has 1 aliphatic heterocycles. The molecule has 3 rings (SSSR count). The highest BCUT2D eigenvalue weighted by Crippen LogP contribution is 2.36. The van der Waals surface area contributed by atoms with Crippen molar-refractivity contribution in [2.24, 2.45) is 11.8 Å². The molecule has 20 heavy (non-hydrogen) atoms. The predicted molar refractivity (Wildman–Crippen MR) is 74.7 cm³/mol. The largest absolute Gasteiger partial charge is 0.508 e. The number of benzene rings is 1. The maximum absolute atomic E-state index is 11.0. The Balaban J connectivity index is 0.000000151. The zero-order chi connectivity index (χ0) is 14.5. The molecular weight excluding hydrogens is 256 g/mol. The van der Waals surface area contributed by atoms with Gasteiger partial charge in [0.1, 0.15) is 5.75 Å². The van der Waals surface area contributed by atoms with Crippen molar-refractivity contribution in [3.8, 4) is 5.75 Å². The maximum Gasteiger partial charge on any atom is 0.317 e. The molecule has 0 bridgehead atoms. The van der Waals surface area contributed by atoms with Crippen molar-refractivity contribution >= 4 is 18.0 Å². The average Bonchev–Trinajstić information content (AvgIpc) is 2.76. The number of fused-ring (bicyclic) bond motifs is 1. The number of rotatable bonds is 1. The van der Waals surface area contributed by atoms with Gasteiger partial charge in [-0.05, 0) is 30.5 Å². The van der Waals surface area contributed by atoms with Gasteiger partial charge in [-0.3, -0.25) is 9.59 Å². The van der Waals surface area contributed by atoms with E-state index in [9.17, 15) is 9.59 Å². The highest BCUT2D eigenvalue weighted by Gasteiger charge is 2.44. The molecule has 1 saturated heterocycles. The molecule has 2 atom stereocenters. The molecule has 0 aromatic heterocycles. The van der Waals surface area contributed by atoms with Crippen LogP contribution in [0.2, 0.25) is 0 Å². The Labute approximate surface area is 118 Å². The third kappa shape index (κ3) is 3.26. The van der Waals surface area contributed by atoms with E-state index in [1.54, 1.807) is 18.2 Å². The lowest BCUT2D eigenvalue weighted by Gasteiger charge is -2.18. The normalized spacial score (nSPS) is 24.2. The number of aromatic hydroxyl groups is 1. The van der Waals surface area contributed by atoms with Crippen molar-refractivity contribution in [2.45, 2.75) is 25.7 Å². The number of ether oxygens (including phenoxy) is 1. The second-order valence-electron chi connectivity index (χ2n) is 5.03. The van der Waals surface area contributed by atoms with E-state index in [1.165, 1.54) is 0 Å². The fourth-order valence-electron chi connectivity index (χ4n) is 2.56. The van der Waals surface area contributed by atoms with E-state index in [4.69, 9.17) is 5.11 Å². The van der Waals surface area contributed by atoms with E-state index in [1.807, 2.05) is 12.1 Å². The van der Waals surface area contributed by atoms with Gasteiger partial charge in [-0.1, -0.05) is 37.6 Å². The monoisotopic (exact) mass is 274 g/mol. The topological polar surface area (TPSA) is 63.6 Å². The van der Waals surface area contributed by atoms with Gasteiger partial charge >= 0.3 is 11.9 Å². The zero-order valence-electron chi connectivity index (χ0n) is 11.2. The van der Waals surface area contributed by atoms with Crippen LogP contribution in [-0.2, 0) is 14.3 Å². The first-order valence-electron chi connectivity index (χ1n) is 6.79. The number of esters is 2. The van der Waals surface area contributed by atoms with Crippen LogP contribution in [0.4, 0.5) is 0 Å². The van der Waals surface area contributed by atoms with Gasteiger partial charge in [0.15, 0.2) is 0 Å². The molecule has 4 heteroatoms.